The molecule has 0 aliphatic rings. The van der Waals surface area contributed by atoms with Crippen LogP contribution in [0.15, 0.2) is 71.1 Å². The Bertz CT molecular complexity index is 711. The van der Waals surface area contributed by atoms with Crippen molar-refractivity contribution in [1.29, 1.82) is 0 Å². The molecule has 20 heavy (non-hydrogen) atoms. The van der Waals surface area contributed by atoms with E-state index < -0.39 is 0 Å². The van der Waals surface area contributed by atoms with E-state index in [4.69, 9.17) is 4.42 Å². The highest BCUT2D eigenvalue weighted by Gasteiger charge is 2.09. The van der Waals surface area contributed by atoms with Crippen molar-refractivity contribution in [1.82, 2.24) is 0 Å². The van der Waals surface area contributed by atoms with Crippen LogP contribution in [0.3, 0.4) is 0 Å². The second-order valence-corrected chi connectivity index (χ2v) is 4.64. The van der Waals surface area contributed by atoms with Crippen LogP contribution >= 0.6 is 0 Å². The van der Waals surface area contributed by atoms with E-state index in [1.54, 1.807) is 6.07 Å². The molecule has 0 fully saturated rings. The quantitative estimate of drug-likeness (QED) is 0.654. The van der Waals surface area contributed by atoms with Crippen LogP contribution in [-0.2, 0) is 6.42 Å². The summed E-state index contributed by atoms with van der Waals surface area (Å²) >= 11 is 0. The topological polar surface area (TPSA) is 30.2 Å². The number of aldehydes is 1. The maximum Gasteiger partial charge on any atom is 0.185 e. The minimum atomic E-state index is 0.356. The van der Waals surface area contributed by atoms with Gasteiger partial charge in [-0.2, -0.15) is 0 Å². The minimum Gasteiger partial charge on any atom is -0.453 e. The van der Waals surface area contributed by atoms with E-state index in [0.717, 1.165) is 24.0 Å². The molecule has 0 atom stereocenters. The van der Waals surface area contributed by atoms with Crippen LogP contribution in [0.1, 0.15) is 21.7 Å². The number of carbonyl (C=O) groups is 1. The highest BCUT2D eigenvalue weighted by atomic mass is 16.3. The second-order valence-electron chi connectivity index (χ2n) is 4.64. The van der Waals surface area contributed by atoms with E-state index in [0.29, 0.717) is 5.76 Å². The molecule has 98 valence electrons. The average Bonchev–Trinajstić information content (AvgIpc) is 2.98. The minimum absolute atomic E-state index is 0.356. The fourth-order valence-corrected chi connectivity index (χ4v) is 2.29. The van der Waals surface area contributed by atoms with Crippen molar-refractivity contribution < 1.29 is 9.21 Å². The van der Waals surface area contributed by atoms with E-state index in [1.807, 2.05) is 42.5 Å². The fourth-order valence-electron chi connectivity index (χ4n) is 2.29. The van der Waals surface area contributed by atoms with E-state index in [9.17, 15) is 4.79 Å². The van der Waals surface area contributed by atoms with Crippen LogP contribution in [0, 0.1) is 0 Å². The third kappa shape index (κ3) is 2.54. The van der Waals surface area contributed by atoms with Crippen molar-refractivity contribution in [3.8, 4) is 11.3 Å². The predicted molar refractivity (Wildman–Crippen MR) is 78.8 cm³/mol. The molecule has 0 radical (unpaired) electrons. The Kier molecular flexibility index (Phi) is 3.46. The van der Waals surface area contributed by atoms with E-state index in [2.05, 4.69) is 18.2 Å². The third-order valence-electron chi connectivity index (χ3n) is 3.26. The maximum absolute atomic E-state index is 10.7. The van der Waals surface area contributed by atoms with Crippen molar-refractivity contribution in [2.24, 2.45) is 0 Å². The normalized spacial score (nSPS) is 10.4. The van der Waals surface area contributed by atoms with Crippen LogP contribution in [-0.4, -0.2) is 6.29 Å². The SMILES string of the molecule is O=Cc1ccc(-c2ccccc2Cc2ccccc2)o1. The molecule has 0 saturated carbocycles. The zero-order valence-corrected chi connectivity index (χ0v) is 11.0. The van der Waals surface area contributed by atoms with Crippen molar-refractivity contribution >= 4 is 6.29 Å². The molecule has 0 saturated heterocycles. The van der Waals surface area contributed by atoms with Crippen molar-refractivity contribution in [3.63, 3.8) is 0 Å². The van der Waals surface area contributed by atoms with Gasteiger partial charge in [-0.3, -0.25) is 4.79 Å². The Balaban J connectivity index is 1.98. The lowest BCUT2D eigenvalue weighted by molar-refractivity contribution is 0.110. The monoisotopic (exact) mass is 262 g/mol. The molecule has 2 aromatic carbocycles. The molecule has 0 unspecified atom stereocenters. The van der Waals surface area contributed by atoms with Crippen LogP contribution < -0.4 is 0 Å². The molecule has 0 aliphatic heterocycles. The number of carbonyl (C=O) groups excluding carboxylic acids is 1. The first-order valence-electron chi connectivity index (χ1n) is 6.54. The van der Waals surface area contributed by atoms with Crippen LogP contribution in [0.4, 0.5) is 0 Å². The molecule has 0 aliphatic carbocycles. The standard InChI is InChI=1S/C18H14O2/c19-13-16-10-11-18(20-16)17-9-5-4-8-15(17)12-14-6-2-1-3-7-14/h1-11,13H,12H2. The summed E-state index contributed by atoms with van der Waals surface area (Å²) in [6.45, 7) is 0. The van der Waals surface area contributed by atoms with Gasteiger partial charge in [-0.05, 0) is 29.7 Å². The third-order valence-corrected chi connectivity index (χ3v) is 3.26. The molecule has 0 spiro atoms. The van der Waals surface area contributed by atoms with Gasteiger partial charge in [0.05, 0.1) is 0 Å². The number of rotatable bonds is 4. The van der Waals surface area contributed by atoms with Gasteiger partial charge in [0.15, 0.2) is 12.0 Å². The molecular weight excluding hydrogens is 248 g/mol. The fraction of sp³-hybridized carbons (Fsp3) is 0.0556. The molecule has 1 heterocycles. The summed E-state index contributed by atoms with van der Waals surface area (Å²) in [5.41, 5.74) is 3.47. The Labute approximate surface area is 117 Å². The number of benzene rings is 2. The molecular formula is C18H14O2. The largest absolute Gasteiger partial charge is 0.453 e. The van der Waals surface area contributed by atoms with Gasteiger partial charge in [-0.25, -0.2) is 0 Å². The van der Waals surface area contributed by atoms with Crippen LogP contribution in [0.5, 0.6) is 0 Å². The zero-order valence-electron chi connectivity index (χ0n) is 11.0. The lowest BCUT2D eigenvalue weighted by Gasteiger charge is -2.07. The van der Waals surface area contributed by atoms with Gasteiger partial charge in [0, 0.05) is 5.56 Å². The van der Waals surface area contributed by atoms with Gasteiger partial charge >= 0.3 is 0 Å². The molecule has 3 rings (SSSR count). The van der Waals surface area contributed by atoms with E-state index >= 15 is 0 Å². The molecule has 2 nitrogen and oxygen atoms in total. The van der Waals surface area contributed by atoms with Gasteiger partial charge < -0.3 is 4.42 Å². The van der Waals surface area contributed by atoms with Crippen molar-refractivity contribution in [3.05, 3.63) is 83.6 Å². The average molecular weight is 262 g/mol. The predicted octanol–water partition coefficient (Wildman–Crippen LogP) is 4.35. The smallest absolute Gasteiger partial charge is 0.185 e. The second kappa shape index (κ2) is 5.57. The van der Waals surface area contributed by atoms with Crippen molar-refractivity contribution in [2.45, 2.75) is 6.42 Å². The summed E-state index contributed by atoms with van der Waals surface area (Å²) in [5.74, 6) is 1.09. The summed E-state index contributed by atoms with van der Waals surface area (Å²) in [5, 5.41) is 0. The Morgan fingerprint density at radius 1 is 0.850 bits per heavy atom. The molecule has 1 aromatic heterocycles. The first kappa shape index (κ1) is 12.4. The van der Waals surface area contributed by atoms with Crippen LogP contribution in [0.25, 0.3) is 11.3 Å². The molecule has 3 aromatic rings. The highest BCUT2D eigenvalue weighted by molar-refractivity contribution is 5.73. The first-order chi connectivity index (χ1) is 9.86. The summed E-state index contributed by atoms with van der Waals surface area (Å²) in [4.78, 5) is 10.7. The van der Waals surface area contributed by atoms with E-state index in [-0.39, 0.29) is 0 Å². The van der Waals surface area contributed by atoms with Crippen LogP contribution in [0.2, 0.25) is 0 Å². The van der Waals surface area contributed by atoms with Gasteiger partial charge in [0.25, 0.3) is 0 Å². The number of hydrogen-bond donors (Lipinski definition) is 0. The first-order valence-corrected chi connectivity index (χ1v) is 6.54. The van der Waals surface area contributed by atoms with Gasteiger partial charge in [-0.1, -0.05) is 54.6 Å². The number of furan rings is 1. The molecule has 0 N–H and O–H groups in total. The van der Waals surface area contributed by atoms with Gasteiger partial charge in [0.2, 0.25) is 0 Å². The van der Waals surface area contributed by atoms with Crippen molar-refractivity contribution in [2.75, 3.05) is 0 Å². The lowest BCUT2D eigenvalue weighted by Crippen LogP contribution is -1.91. The maximum atomic E-state index is 10.7. The lowest BCUT2D eigenvalue weighted by atomic mass is 9.98. The molecule has 0 amide bonds. The summed E-state index contributed by atoms with van der Waals surface area (Å²) in [6, 6.07) is 21.9. The molecule has 0 bridgehead atoms. The van der Waals surface area contributed by atoms with Gasteiger partial charge in [0.1, 0.15) is 5.76 Å². The van der Waals surface area contributed by atoms with Gasteiger partial charge in [-0.15, -0.1) is 0 Å². The Hall–Kier alpha value is -2.61. The summed E-state index contributed by atoms with van der Waals surface area (Å²) in [6.07, 6.45) is 1.57. The highest BCUT2D eigenvalue weighted by Crippen LogP contribution is 2.27. The summed E-state index contributed by atoms with van der Waals surface area (Å²) < 4.78 is 5.53. The Morgan fingerprint density at radius 2 is 1.60 bits per heavy atom. The van der Waals surface area contributed by atoms with E-state index in [1.165, 1.54) is 11.1 Å². The Morgan fingerprint density at radius 3 is 2.35 bits per heavy atom. The summed E-state index contributed by atoms with van der Waals surface area (Å²) in [7, 11) is 0. The number of hydrogen-bond acceptors (Lipinski definition) is 2. The zero-order chi connectivity index (χ0) is 13.8. The molecule has 2 heteroatoms.